The van der Waals surface area contributed by atoms with Crippen LogP contribution < -0.4 is 5.32 Å². The highest BCUT2D eigenvalue weighted by Gasteiger charge is 2.32. The van der Waals surface area contributed by atoms with E-state index in [2.05, 4.69) is 11.9 Å². The van der Waals surface area contributed by atoms with Crippen molar-refractivity contribution < 1.29 is 23.1 Å². The topological polar surface area (TPSA) is 128 Å². The first-order valence-corrected chi connectivity index (χ1v) is 11.0. The van der Waals surface area contributed by atoms with Crippen molar-refractivity contribution in [2.45, 2.75) is 30.2 Å². The van der Waals surface area contributed by atoms with Crippen molar-refractivity contribution >= 4 is 27.6 Å². The van der Waals surface area contributed by atoms with E-state index in [1.807, 2.05) is 6.07 Å². The summed E-state index contributed by atoms with van der Waals surface area (Å²) in [6.07, 6.45) is 3.98. The van der Waals surface area contributed by atoms with Crippen molar-refractivity contribution in [2.24, 2.45) is 0 Å². The Labute approximate surface area is 180 Å². The van der Waals surface area contributed by atoms with E-state index in [9.17, 15) is 23.1 Å². The molecule has 0 spiro atoms. The molecule has 160 valence electrons. The maximum absolute atomic E-state index is 13.1. The van der Waals surface area contributed by atoms with E-state index in [0.29, 0.717) is 13.0 Å². The van der Waals surface area contributed by atoms with Crippen LogP contribution in [-0.2, 0) is 10.0 Å². The van der Waals surface area contributed by atoms with Crippen LogP contribution in [0.5, 0.6) is 0 Å². The van der Waals surface area contributed by atoms with Gasteiger partial charge in [-0.15, -0.1) is 6.58 Å². The van der Waals surface area contributed by atoms with Gasteiger partial charge >= 0.3 is 5.97 Å². The van der Waals surface area contributed by atoms with Crippen LogP contribution in [0.25, 0.3) is 0 Å². The van der Waals surface area contributed by atoms with Crippen LogP contribution in [0.1, 0.15) is 45.5 Å². The van der Waals surface area contributed by atoms with E-state index < -0.39 is 21.9 Å². The molecule has 9 heteroatoms. The second-order valence-electron chi connectivity index (χ2n) is 7.07. The maximum atomic E-state index is 13.1. The van der Waals surface area contributed by atoms with Crippen molar-refractivity contribution in [1.82, 2.24) is 4.31 Å². The number of carboxylic acid groups (broad SMARTS) is 1. The summed E-state index contributed by atoms with van der Waals surface area (Å²) < 4.78 is 27.7. The third kappa shape index (κ3) is 4.66. The summed E-state index contributed by atoms with van der Waals surface area (Å²) in [5.74, 6) is -1.97. The molecule has 1 aliphatic heterocycles. The number of hydrogen-bond donors (Lipinski definition) is 2. The average Bonchev–Trinajstić information content (AvgIpc) is 2.79. The van der Waals surface area contributed by atoms with Gasteiger partial charge in [0.15, 0.2) is 0 Å². The highest BCUT2D eigenvalue weighted by atomic mass is 32.2. The number of benzene rings is 2. The Morgan fingerprint density at radius 1 is 1.23 bits per heavy atom. The van der Waals surface area contributed by atoms with Crippen LogP contribution in [0, 0.1) is 11.3 Å². The summed E-state index contributed by atoms with van der Waals surface area (Å²) in [5, 5.41) is 20.8. The number of anilines is 1. The lowest BCUT2D eigenvalue weighted by atomic mass is 10.1. The number of piperidine rings is 1. The fraction of sp³-hybridized carbons (Fsp3) is 0.227. The number of amides is 1. The van der Waals surface area contributed by atoms with Crippen molar-refractivity contribution in [3.8, 4) is 6.07 Å². The second kappa shape index (κ2) is 9.12. The molecule has 1 amide bonds. The molecule has 0 aliphatic carbocycles. The van der Waals surface area contributed by atoms with Gasteiger partial charge in [-0.1, -0.05) is 18.6 Å². The zero-order valence-electron chi connectivity index (χ0n) is 16.6. The predicted octanol–water partition coefficient (Wildman–Crippen LogP) is 3.24. The number of nitrogens with one attached hydrogen (secondary N) is 1. The number of hydrogen-bond acceptors (Lipinski definition) is 5. The SMILES string of the molecule is C=CC1CCCCN1S(=O)(=O)c1cccc(C(=O)Nc2ccc(C#N)cc2C(=O)O)c1. The van der Waals surface area contributed by atoms with E-state index in [-0.39, 0.29) is 33.3 Å². The lowest BCUT2D eigenvalue weighted by molar-refractivity contribution is 0.0698. The predicted molar refractivity (Wildman–Crippen MR) is 114 cm³/mol. The summed E-state index contributed by atoms with van der Waals surface area (Å²) in [4.78, 5) is 24.2. The number of rotatable bonds is 6. The van der Waals surface area contributed by atoms with Crippen LogP contribution >= 0.6 is 0 Å². The third-order valence-corrected chi connectivity index (χ3v) is 7.02. The second-order valence-corrected chi connectivity index (χ2v) is 8.96. The molecule has 2 N–H and O–H groups in total. The highest BCUT2D eigenvalue weighted by Crippen LogP contribution is 2.27. The summed E-state index contributed by atoms with van der Waals surface area (Å²) >= 11 is 0. The molecule has 31 heavy (non-hydrogen) atoms. The quantitative estimate of drug-likeness (QED) is 0.665. The Bertz CT molecular complexity index is 1180. The van der Waals surface area contributed by atoms with Gasteiger partial charge in [-0.05, 0) is 49.2 Å². The maximum Gasteiger partial charge on any atom is 0.337 e. The molecule has 2 aromatic carbocycles. The minimum atomic E-state index is -3.83. The molecule has 2 aromatic rings. The molecular formula is C22H21N3O5S. The molecule has 3 rings (SSSR count). The van der Waals surface area contributed by atoms with Gasteiger partial charge < -0.3 is 10.4 Å². The van der Waals surface area contributed by atoms with E-state index >= 15 is 0 Å². The highest BCUT2D eigenvalue weighted by molar-refractivity contribution is 7.89. The number of nitriles is 1. The van der Waals surface area contributed by atoms with Crippen molar-refractivity contribution in [1.29, 1.82) is 5.26 Å². The number of carbonyl (C=O) groups is 2. The molecule has 1 fully saturated rings. The molecule has 1 saturated heterocycles. The van der Waals surface area contributed by atoms with Crippen LogP contribution in [0.4, 0.5) is 5.69 Å². The summed E-state index contributed by atoms with van der Waals surface area (Å²) in [6, 6.07) is 11.0. The monoisotopic (exact) mass is 439 g/mol. The smallest absolute Gasteiger partial charge is 0.337 e. The Morgan fingerprint density at radius 3 is 2.68 bits per heavy atom. The first-order chi connectivity index (χ1) is 14.8. The Hall–Kier alpha value is -3.48. The standard InChI is InChI=1S/C22H21N3O5S/c1-2-17-7-3-4-11-25(17)31(29,30)18-8-5-6-16(13-18)21(26)24-20-10-9-15(14-23)12-19(20)22(27)28/h2,5-6,8-10,12-13,17H,1,3-4,7,11H2,(H,24,26)(H,27,28). The molecule has 1 aliphatic rings. The molecule has 0 saturated carbocycles. The summed E-state index contributed by atoms with van der Waals surface area (Å²) in [7, 11) is -3.83. The molecule has 0 radical (unpaired) electrons. The molecular weight excluding hydrogens is 418 g/mol. The molecule has 0 bridgehead atoms. The number of sulfonamides is 1. The van der Waals surface area contributed by atoms with Gasteiger partial charge in [0.2, 0.25) is 10.0 Å². The zero-order valence-corrected chi connectivity index (χ0v) is 17.4. The van der Waals surface area contributed by atoms with Gasteiger partial charge in [-0.3, -0.25) is 4.79 Å². The Morgan fingerprint density at radius 2 is 2.00 bits per heavy atom. The molecule has 1 unspecified atom stereocenters. The van der Waals surface area contributed by atoms with Crippen molar-refractivity contribution in [2.75, 3.05) is 11.9 Å². The molecule has 1 atom stereocenters. The van der Waals surface area contributed by atoms with E-state index in [1.54, 1.807) is 6.08 Å². The van der Waals surface area contributed by atoms with Crippen LogP contribution in [0.3, 0.4) is 0 Å². The minimum absolute atomic E-state index is 0.00696. The summed E-state index contributed by atoms with van der Waals surface area (Å²) in [5.41, 5.74) is -0.0263. The van der Waals surface area contributed by atoms with Crippen LogP contribution in [0.2, 0.25) is 0 Å². The normalized spacial score (nSPS) is 16.8. The zero-order chi connectivity index (χ0) is 22.6. The number of carbonyl (C=O) groups excluding carboxylic acids is 1. The van der Waals surface area contributed by atoms with Gasteiger partial charge in [-0.25, -0.2) is 13.2 Å². The van der Waals surface area contributed by atoms with E-state index in [4.69, 9.17) is 5.26 Å². The van der Waals surface area contributed by atoms with E-state index in [1.165, 1.54) is 40.7 Å². The molecule has 0 aromatic heterocycles. The minimum Gasteiger partial charge on any atom is -0.478 e. The number of carboxylic acids is 1. The fourth-order valence-electron chi connectivity index (χ4n) is 3.49. The third-order valence-electron chi connectivity index (χ3n) is 5.10. The fourth-order valence-corrected chi connectivity index (χ4v) is 5.21. The van der Waals surface area contributed by atoms with Gasteiger partial charge in [0, 0.05) is 18.2 Å². The van der Waals surface area contributed by atoms with Crippen LogP contribution in [0.15, 0.2) is 60.0 Å². The van der Waals surface area contributed by atoms with Gasteiger partial charge in [0.25, 0.3) is 5.91 Å². The van der Waals surface area contributed by atoms with Gasteiger partial charge in [-0.2, -0.15) is 9.57 Å². The Balaban J connectivity index is 1.90. The molecule has 1 heterocycles. The molecule has 8 nitrogen and oxygen atoms in total. The number of aromatic carboxylic acids is 1. The van der Waals surface area contributed by atoms with Crippen LogP contribution in [-0.4, -0.2) is 42.3 Å². The van der Waals surface area contributed by atoms with Gasteiger partial charge in [0.05, 0.1) is 27.8 Å². The Kier molecular flexibility index (Phi) is 6.53. The van der Waals surface area contributed by atoms with Crippen molar-refractivity contribution in [3.05, 3.63) is 71.8 Å². The van der Waals surface area contributed by atoms with E-state index in [0.717, 1.165) is 18.9 Å². The largest absolute Gasteiger partial charge is 0.478 e. The van der Waals surface area contributed by atoms with Gasteiger partial charge in [0.1, 0.15) is 0 Å². The summed E-state index contributed by atoms with van der Waals surface area (Å²) in [6.45, 7) is 4.11. The van der Waals surface area contributed by atoms with Crippen molar-refractivity contribution in [3.63, 3.8) is 0 Å². The first kappa shape index (κ1) is 22.2. The first-order valence-electron chi connectivity index (χ1n) is 9.61. The lowest BCUT2D eigenvalue weighted by Gasteiger charge is -2.32. The number of nitrogens with zero attached hydrogens (tertiary/aromatic N) is 2. The average molecular weight is 439 g/mol. The lowest BCUT2D eigenvalue weighted by Crippen LogP contribution is -2.42.